The molecule has 3 heteroatoms. The number of esters is 1. The lowest BCUT2D eigenvalue weighted by Crippen LogP contribution is -2.15. The first-order valence-electron chi connectivity index (χ1n) is 9.10. The predicted octanol–water partition coefficient (Wildman–Crippen LogP) is 4.87. The van der Waals surface area contributed by atoms with Crippen LogP contribution in [0.15, 0.2) is 30.4 Å². The van der Waals surface area contributed by atoms with Crippen molar-refractivity contribution in [2.24, 2.45) is 5.92 Å². The first-order valence-corrected chi connectivity index (χ1v) is 9.10. The third-order valence-corrected chi connectivity index (χ3v) is 5.08. The van der Waals surface area contributed by atoms with Crippen molar-refractivity contribution in [2.45, 2.75) is 71.5 Å². The highest BCUT2D eigenvalue weighted by molar-refractivity contribution is 5.86. The molecule has 1 aliphatic carbocycles. The Morgan fingerprint density at radius 3 is 2.58 bits per heavy atom. The molecule has 0 aliphatic heterocycles. The van der Waals surface area contributed by atoms with E-state index in [-0.39, 0.29) is 19.2 Å². The second-order valence-corrected chi connectivity index (χ2v) is 7.05. The van der Waals surface area contributed by atoms with Crippen LogP contribution in [0.5, 0.6) is 0 Å². The normalized spacial score (nSPS) is 20.6. The molecule has 24 heavy (non-hydrogen) atoms. The maximum Gasteiger partial charge on any atom is 0.333 e. The Balaban J connectivity index is 2.11. The van der Waals surface area contributed by atoms with E-state index in [0.29, 0.717) is 11.5 Å². The highest BCUT2D eigenvalue weighted by Gasteiger charge is 2.24. The van der Waals surface area contributed by atoms with Gasteiger partial charge in [-0.05, 0) is 67.2 Å². The first kappa shape index (κ1) is 18.7. The van der Waals surface area contributed by atoms with E-state index in [1.807, 2.05) is 12.1 Å². The van der Waals surface area contributed by atoms with Crippen molar-refractivity contribution in [1.29, 1.82) is 0 Å². The SMILES string of the molecule is C=C(C)C(=O)OCc1cc(CO)ccc1C1CCC(CCC)CC1. The molecule has 1 N–H and O–H groups in total. The van der Waals surface area contributed by atoms with E-state index >= 15 is 0 Å². The lowest BCUT2D eigenvalue weighted by molar-refractivity contribution is -0.140. The van der Waals surface area contributed by atoms with Crippen LogP contribution < -0.4 is 0 Å². The van der Waals surface area contributed by atoms with Crippen LogP contribution >= 0.6 is 0 Å². The van der Waals surface area contributed by atoms with Crippen LogP contribution in [-0.2, 0) is 22.7 Å². The fourth-order valence-electron chi connectivity index (χ4n) is 3.72. The van der Waals surface area contributed by atoms with Gasteiger partial charge in [-0.1, -0.05) is 38.5 Å². The number of rotatable bonds is 7. The topological polar surface area (TPSA) is 46.5 Å². The zero-order chi connectivity index (χ0) is 17.5. The summed E-state index contributed by atoms with van der Waals surface area (Å²) in [6, 6.07) is 6.07. The third kappa shape index (κ3) is 4.94. The van der Waals surface area contributed by atoms with Crippen LogP contribution in [0.1, 0.15) is 75.0 Å². The van der Waals surface area contributed by atoms with Gasteiger partial charge in [0, 0.05) is 5.57 Å². The number of aliphatic hydroxyl groups is 1. The summed E-state index contributed by atoms with van der Waals surface area (Å²) >= 11 is 0. The minimum Gasteiger partial charge on any atom is -0.457 e. The number of hydrogen-bond donors (Lipinski definition) is 1. The maximum atomic E-state index is 11.7. The van der Waals surface area contributed by atoms with Gasteiger partial charge in [-0.2, -0.15) is 0 Å². The molecule has 0 atom stereocenters. The van der Waals surface area contributed by atoms with Gasteiger partial charge in [-0.25, -0.2) is 4.79 Å². The van der Waals surface area contributed by atoms with Gasteiger partial charge in [0.15, 0.2) is 0 Å². The average molecular weight is 330 g/mol. The van der Waals surface area contributed by atoms with Crippen molar-refractivity contribution in [3.8, 4) is 0 Å². The highest BCUT2D eigenvalue weighted by Crippen LogP contribution is 2.39. The second-order valence-electron chi connectivity index (χ2n) is 7.05. The minimum atomic E-state index is -0.359. The van der Waals surface area contributed by atoms with Gasteiger partial charge in [0.05, 0.1) is 6.61 Å². The minimum absolute atomic E-state index is 0.00491. The van der Waals surface area contributed by atoms with E-state index in [1.54, 1.807) is 6.92 Å². The summed E-state index contributed by atoms with van der Waals surface area (Å²) in [5, 5.41) is 9.40. The Morgan fingerprint density at radius 2 is 2.00 bits per heavy atom. The third-order valence-electron chi connectivity index (χ3n) is 5.08. The number of benzene rings is 1. The first-order chi connectivity index (χ1) is 11.5. The van der Waals surface area contributed by atoms with Gasteiger partial charge in [0.25, 0.3) is 0 Å². The fourth-order valence-corrected chi connectivity index (χ4v) is 3.72. The van der Waals surface area contributed by atoms with Gasteiger partial charge in [0.2, 0.25) is 0 Å². The molecule has 0 heterocycles. The molecule has 1 fully saturated rings. The molecule has 0 saturated heterocycles. The number of carbonyl (C=O) groups is 1. The summed E-state index contributed by atoms with van der Waals surface area (Å²) in [6.07, 6.45) is 7.56. The highest BCUT2D eigenvalue weighted by atomic mass is 16.5. The lowest BCUT2D eigenvalue weighted by atomic mass is 9.76. The molecule has 3 nitrogen and oxygen atoms in total. The quantitative estimate of drug-likeness (QED) is 0.573. The maximum absolute atomic E-state index is 11.7. The Kier molecular flexibility index (Phi) is 7.04. The Morgan fingerprint density at radius 1 is 1.29 bits per heavy atom. The molecule has 0 aromatic heterocycles. The second kappa shape index (κ2) is 9.03. The molecular weight excluding hydrogens is 300 g/mol. The molecule has 2 rings (SSSR count). The zero-order valence-electron chi connectivity index (χ0n) is 15.0. The van der Waals surface area contributed by atoms with Crippen LogP contribution in [-0.4, -0.2) is 11.1 Å². The molecule has 1 aromatic carbocycles. The molecule has 1 aliphatic rings. The summed E-state index contributed by atoms with van der Waals surface area (Å²) in [5.74, 6) is 1.04. The van der Waals surface area contributed by atoms with E-state index in [9.17, 15) is 9.90 Å². The Labute approximate surface area is 145 Å². The molecule has 0 unspecified atom stereocenters. The van der Waals surface area contributed by atoms with Crippen molar-refractivity contribution in [2.75, 3.05) is 0 Å². The molecule has 0 amide bonds. The van der Waals surface area contributed by atoms with Crippen LogP contribution in [0.25, 0.3) is 0 Å². The van der Waals surface area contributed by atoms with Crippen molar-refractivity contribution >= 4 is 5.97 Å². The summed E-state index contributed by atoms with van der Waals surface area (Å²) in [5.41, 5.74) is 3.57. The lowest BCUT2D eigenvalue weighted by Gasteiger charge is -2.30. The molecule has 0 spiro atoms. The van der Waals surface area contributed by atoms with Crippen LogP contribution in [0.3, 0.4) is 0 Å². The van der Waals surface area contributed by atoms with Crippen LogP contribution in [0.2, 0.25) is 0 Å². The largest absolute Gasteiger partial charge is 0.457 e. The van der Waals surface area contributed by atoms with Gasteiger partial charge in [0.1, 0.15) is 6.61 Å². The van der Waals surface area contributed by atoms with E-state index in [0.717, 1.165) is 17.0 Å². The molecule has 0 bridgehead atoms. The van der Waals surface area contributed by atoms with Crippen LogP contribution in [0.4, 0.5) is 0 Å². The number of ether oxygens (including phenoxy) is 1. The molecule has 1 saturated carbocycles. The van der Waals surface area contributed by atoms with Gasteiger partial charge in [-0.3, -0.25) is 0 Å². The summed E-state index contributed by atoms with van der Waals surface area (Å²) in [4.78, 5) is 11.7. The predicted molar refractivity (Wildman–Crippen MR) is 96.6 cm³/mol. The van der Waals surface area contributed by atoms with E-state index in [1.165, 1.54) is 44.1 Å². The standard InChI is InChI=1S/C21H30O3/c1-4-5-16-6-9-18(10-7-16)20-11-8-17(13-22)12-19(20)14-24-21(23)15(2)3/h8,11-12,16,18,22H,2,4-7,9-10,13-14H2,1,3H3. The summed E-state index contributed by atoms with van der Waals surface area (Å²) in [6.45, 7) is 7.80. The molecule has 0 radical (unpaired) electrons. The Bertz CT molecular complexity index is 568. The number of hydrogen-bond acceptors (Lipinski definition) is 3. The number of aliphatic hydroxyl groups excluding tert-OH is 1. The van der Waals surface area contributed by atoms with Gasteiger partial charge >= 0.3 is 5.97 Å². The summed E-state index contributed by atoms with van der Waals surface area (Å²) in [7, 11) is 0. The van der Waals surface area contributed by atoms with Gasteiger partial charge < -0.3 is 9.84 Å². The van der Waals surface area contributed by atoms with E-state index < -0.39 is 0 Å². The van der Waals surface area contributed by atoms with Crippen molar-refractivity contribution in [3.05, 3.63) is 47.0 Å². The monoisotopic (exact) mass is 330 g/mol. The smallest absolute Gasteiger partial charge is 0.333 e. The molecule has 132 valence electrons. The van der Waals surface area contributed by atoms with Crippen molar-refractivity contribution in [1.82, 2.24) is 0 Å². The van der Waals surface area contributed by atoms with E-state index in [4.69, 9.17) is 4.74 Å². The van der Waals surface area contributed by atoms with Crippen molar-refractivity contribution in [3.63, 3.8) is 0 Å². The number of carbonyl (C=O) groups excluding carboxylic acids is 1. The van der Waals surface area contributed by atoms with E-state index in [2.05, 4.69) is 19.6 Å². The Hall–Kier alpha value is -1.61. The zero-order valence-corrected chi connectivity index (χ0v) is 15.0. The summed E-state index contributed by atoms with van der Waals surface area (Å²) < 4.78 is 5.36. The van der Waals surface area contributed by atoms with Crippen molar-refractivity contribution < 1.29 is 14.6 Å². The van der Waals surface area contributed by atoms with Crippen LogP contribution in [0, 0.1) is 5.92 Å². The molecular formula is C21H30O3. The average Bonchev–Trinajstić information content (AvgIpc) is 2.60. The molecule has 1 aromatic rings. The van der Waals surface area contributed by atoms with Gasteiger partial charge in [-0.15, -0.1) is 0 Å². The fraction of sp³-hybridized carbons (Fsp3) is 0.571.